The van der Waals surface area contributed by atoms with Crippen molar-refractivity contribution in [2.24, 2.45) is 0 Å². The van der Waals surface area contributed by atoms with Crippen LogP contribution >= 0.6 is 0 Å². The molecule has 0 spiro atoms. The normalized spacial score (nSPS) is 10.7. The lowest BCUT2D eigenvalue weighted by Crippen LogP contribution is -2.09. The molecule has 8 heteroatoms. The number of aromatic nitrogens is 1. The monoisotopic (exact) mass is 264 g/mol. The molecular weight excluding hydrogens is 259 g/mol. The number of nitrogens with zero attached hydrogens (tertiary/aromatic N) is 1. The van der Waals surface area contributed by atoms with Gasteiger partial charge in [-0.15, -0.1) is 0 Å². The Labute approximate surface area is 97.2 Å². The van der Waals surface area contributed by atoms with Crippen molar-refractivity contribution in [2.75, 3.05) is 5.32 Å². The highest BCUT2D eigenvalue weighted by Gasteiger charge is 2.25. The molecule has 0 aliphatic heterocycles. The van der Waals surface area contributed by atoms with Crippen molar-refractivity contribution >= 4 is 5.69 Å². The summed E-state index contributed by atoms with van der Waals surface area (Å²) in [4.78, 5) is 0. The van der Waals surface area contributed by atoms with Crippen LogP contribution in [0.1, 0.15) is 5.69 Å². The molecule has 0 aliphatic carbocycles. The molecule has 0 unspecified atom stereocenters. The van der Waals surface area contributed by atoms with Crippen LogP contribution in [0, 0.1) is 29.1 Å². The molecule has 1 aromatic carbocycles. The fraction of sp³-hybridized carbons (Fsp3) is 0.100. The molecule has 1 aromatic heterocycles. The Bertz CT molecular complexity index is 541. The first-order valence-corrected chi connectivity index (χ1v) is 4.67. The van der Waals surface area contributed by atoms with Crippen LogP contribution in [-0.4, -0.2) is 5.16 Å². The first kappa shape index (κ1) is 12.3. The van der Waals surface area contributed by atoms with Gasteiger partial charge in [-0.05, 0) is 0 Å². The topological polar surface area (TPSA) is 38.1 Å². The Morgan fingerprint density at radius 2 is 1.50 bits per heavy atom. The Hall–Kier alpha value is -2.12. The summed E-state index contributed by atoms with van der Waals surface area (Å²) in [6, 6.07) is 1.37. The lowest BCUT2D eigenvalue weighted by atomic mass is 10.2. The van der Waals surface area contributed by atoms with Gasteiger partial charge in [0.15, 0.2) is 23.3 Å². The second kappa shape index (κ2) is 4.63. The van der Waals surface area contributed by atoms with Crippen LogP contribution in [0.25, 0.3) is 0 Å². The fourth-order valence-electron chi connectivity index (χ4n) is 1.27. The molecule has 2 rings (SSSR count). The van der Waals surface area contributed by atoms with Gasteiger partial charge in [0, 0.05) is 6.07 Å². The zero-order valence-corrected chi connectivity index (χ0v) is 8.61. The predicted octanol–water partition coefficient (Wildman–Crippen LogP) is 2.98. The average molecular weight is 264 g/mol. The Morgan fingerprint density at radius 1 is 0.944 bits per heavy atom. The van der Waals surface area contributed by atoms with E-state index in [0.717, 1.165) is 0 Å². The standard InChI is InChI=1S/C10H5F5N2O/c11-5-6(12)8(14)10(9(15)7(5)13)16-3-4-1-2-18-17-4/h1-2,16H,3H2. The first-order chi connectivity index (χ1) is 8.52. The SMILES string of the molecule is Fc1c(F)c(F)c(NCc2ccon2)c(F)c1F. The minimum Gasteiger partial charge on any atom is -0.374 e. The van der Waals surface area contributed by atoms with Gasteiger partial charge in [-0.3, -0.25) is 0 Å². The highest BCUT2D eigenvalue weighted by Crippen LogP contribution is 2.27. The van der Waals surface area contributed by atoms with Crippen molar-refractivity contribution in [3.8, 4) is 0 Å². The highest BCUT2D eigenvalue weighted by molar-refractivity contribution is 5.47. The summed E-state index contributed by atoms with van der Waals surface area (Å²) in [5.74, 6) is -10.0. The summed E-state index contributed by atoms with van der Waals surface area (Å²) in [6.07, 6.45) is 1.20. The Morgan fingerprint density at radius 3 is 2.00 bits per heavy atom. The van der Waals surface area contributed by atoms with E-state index in [1.807, 2.05) is 0 Å². The molecule has 0 aliphatic rings. The van der Waals surface area contributed by atoms with Gasteiger partial charge in [-0.1, -0.05) is 5.16 Å². The fourth-order valence-corrected chi connectivity index (χ4v) is 1.27. The van der Waals surface area contributed by atoms with Crippen LogP contribution in [0.4, 0.5) is 27.6 Å². The number of hydrogen-bond donors (Lipinski definition) is 1. The van der Waals surface area contributed by atoms with Crippen molar-refractivity contribution in [1.82, 2.24) is 5.16 Å². The molecule has 1 N–H and O–H groups in total. The minimum absolute atomic E-state index is 0.241. The van der Waals surface area contributed by atoms with Crippen molar-refractivity contribution in [3.63, 3.8) is 0 Å². The van der Waals surface area contributed by atoms with Crippen molar-refractivity contribution in [3.05, 3.63) is 47.1 Å². The van der Waals surface area contributed by atoms with E-state index in [1.165, 1.54) is 12.3 Å². The largest absolute Gasteiger partial charge is 0.374 e. The second-order valence-corrected chi connectivity index (χ2v) is 3.29. The van der Waals surface area contributed by atoms with Crippen LogP contribution in [0.15, 0.2) is 16.9 Å². The number of rotatable bonds is 3. The van der Waals surface area contributed by atoms with E-state index in [4.69, 9.17) is 0 Å². The zero-order valence-electron chi connectivity index (χ0n) is 8.61. The third-order valence-electron chi connectivity index (χ3n) is 2.15. The summed E-state index contributed by atoms with van der Waals surface area (Å²) < 4.78 is 69.2. The molecule has 18 heavy (non-hydrogen) atoms. The molecule has 0 saturated heterocycles. The summed E-state index contributed by atoms with van der Waals surface area (Å²) in [5.41, 5.74) is -0.853. The van der Waals surface area contributed by atoms with Gasteiger partial charge >= 0.3 is 0 Å². The molecule has 0 atom stereocenters. The van der Waals surface area contributed by atoms with Crippen LogP contribution < -0.4 is 5.32 Å². The second-order valence-electron chi connectivity index (χ2n) is 3.29. The summed E-state index contributed by atoms with van der Waals surface area (Å²) in [5, 5.41) is 5.48. The van der Waals surface area contributed by atoms with Gasteiger partial charge in [-0.2, -0.15) is 0 Å². The van der Waals surface area contributed by atoms with E-state index in [2.05, 4.69) is 15.0 Å². The molecule has 3 nitrogen and oxygen atoms in total. The molecule has 0 radical (unpaired) electrons. The van der Waals surface area contributed by atoms with Crippen LogP contribution in [0.2, 0.25) is 0 Å². The summed E-state index contributed by atoms with van der Waals surface area (Å²) in [7, 11) is 0. The van der Waals surface area contributed by atoms with Crippen molar-refractivity contribution in [2.45, 2.75) is 6.54 Å². The van der Waals surface area contributed by atoms with Crippen molar-refractivity contribution < 1.29 is 26.5 Å². The first-order valence-electron chi connectivity index (χ1n) is 4.67. The molecule has 0 fully saturated rings. The summed E-state index contributed by atoms with van der Waals surface area (Å²) >= 11 is 0. The Balaban J connectivity index is 2.33. The quantitative estimate of drug-likeness (QED) is 0.526. The van der Waals surface area contributed by atoms with Gasteiger partial charge < -0.3 is 9.84 Å². The van der Waals surface area contributed by atoms with Gasteiger partial charge in [0.05, 0.1) is 6.54 Å². The number of halogens is 5. The third-order valence-corrected chi connectivity index (χ3v) is 2.15. The van der Waals surface area contributed by atoms with E-state index >= 15 is 0 Å². The lowest BCUT2D eigenvalue weighted by molar-refractivity contribution is 0.381. The predicted molar refractivity (Wildman–Crippen MR) is 50.1 cm³/mol. The minimum atomic E-state index is -2.20. The number of benzene rings is 1. The molecule has 2 aromatic rings. The molecule has 0 amide bonds. The molecule has 0 bridgehead atoms. The van der Waals surface area contributed by atoms with Crippen LogP contribution in [0.3, 0.4) is 0 Å². The smallest absolute Gasteiger partial charge is 0.200 e. The van der Waals surface area contributed by atoms with Crippen LogP contribution in [0.5, 0.6) is 0 Å². The zero-order chi connectivity index (χ0) is 13.3. The van der Waals surface area contributed by atoms with E-state index in [9.17, 15) is 22.0 Å². The van der Waals surface area contributed by atoms with E-state index < -0.39 is 34.8 Å². The molecule has 0 saturated carbocycles. The van der Waals surface area contributed by atoms with E-state index in [-0.39, 0.29) is 12.2 Å². The Kier molecular flexibility index (Phi) is 3.17. The highest BCUT2D eigenvalue weighted by atomic mass is 19.2. The molecule has 1 heterocycles. The lowest BCUT2D eigenvalue weighted by Gasteiger charge is -2.09. The molecular formula is C10H5F5N2O. The van der Waals surface area contributed by atoms with Crippen LogP contribution in [-0.2, 0) is 6.54 Å². The van der Waals surface area contributed by atoms with E-state index in [0.29, 0.717) is 0 Å². The van der Waals surface area contributed by atoms with Gasteiger partial charge in [0.25, 0.3) is 0 Å². The van der Waals surface area contributed by atoms with Crippen molar-refractivity contribution in [1.29, 1.82) is 0 Å². The molecule has 96 valence electrons. The number of hydrogen-bond acceptors (Lipinski definition) is 3. The summed E-state index contributed by atoms with van der Waals surface area (Å²) in [6.45, 7) is -0.241. The maximum Gasteiger partial charge on any atom is 0.200 e. The van der Waals surface area contributed by atoms with E-state index in [1.54, 1.807) is 0 Å². The van der Waals surface area contributed by atoms with Gasteiger partial charge in [0.2, 0.25) is 5.82 Å². The maximum absolute atomic E-state index is 13.2. The number of anilines is 1. The van der Waals surface area contributed by atoms with Gasteiger partial charge in [0.1, 0.15) is 17.6 Å². The third kappa shape index (κ3) is 2.01. The van der Waals surface area contributed by atoms with Gasteiger partial charge in [-0.25, -0.2) is 22.0 Å². The number of nitrogens with one attached hydrogen (secondary N) is 1. The maximum atomic E-state index is 13.2. The average Bonchev–Trinajstić information content (AvgIpc) is 2.87.